The lowest BCUT2D eigenvalue weighted by atomic mass is 10.1. The van der Waals surface area contributed by atoms with Gasteiger partial charge in [-0.15, -0.1) is 0 Å². The van der Waals surface area contributed by atoms with Crippen molar-refractivity contribution in [1.29, 1.82) is 0 Å². The van der Waals surface area contributed by atoms with E-state index in [4.69, 9.17) is 4.74 Å². The standard InChI is InChI=1S/C22H19F3N2O/c1-14(2)27-19-11-10-16(22(23,24)25)12-18(19)26-21(27)13-28-20-9-5-7-15-6-3-4-8-17(15)20/h3-12,14H,13H2,1-2H3. The second-order valence-corrected chi connectivity index (χ2v) is 6.96. The quantitative estimate of drug-likeness (QED) is 0.409. The van der Waals surface area contributed by atoms with Crippen LogP contribution in [0.2, 0.25) is 0 Å². The van der Waals surface area contributed by atoms with Crippen molar-refractivity contribution in [1.82, 2.24) is 9.55 Å². The molecule has 0 radical (unpaired) electrons. The summed E-state index contributed by atoms with van der Waals surface area (Å²) in [5.74, 6) is 1.31. The molecular weight excluding hydrogens is 365 g/mol. The Bertz CT molecular complexity index is 1140. The highest BCUT2D eigenvalue weighted by Crippen LogP contribution is 2.33. The van der Waals surface area contributed by atoms with Crippen LogP contribution >= 0.6 is 0 Å². The molecule has 4 rings (SSSR count). The number of hydrogen-bond donors (Lipinski definition) is 0. The van der Waals surface area contributed by atoms with Gasteiger partial charge in [0.2, 0.25) is 0 Å². The lowest BCUT2D eigenvalue weighted by molar-refractivity contribution is -0.137. The summed E-state index contributed by atoms with van der Waals surface area (Å²) in [5, 5.41) is 2.05. The zero-order chi connectivity index (χ0) is 19.9. The van der Waals surface area contributed by atoms with Crippen LogP contribution in [0.4, 0.5) is 13.2 Å². The molecule has 0 aliphatic rings. The van der Waals surface area contributed by atoms with Gasteiger partial charge in [-0.05, 0) is 43.5 Å². The first-order valence-corrected chi connectivity index (χ1v) is 9.03. The van der Waals surface area contributed by atoms with Gasteiger partial charge < -0.3 is 9.30 Å². The molecule has 144 valence electrons. The van der Waals surface area contributed by atoms with Gasteiger partial charge in [-0.3, -0.25) is 0 Å². The number of alkyl halides is 3. The average molecular weight is 384 g/mol. The molecule has 6 heteroatoms. The van der Waals surface area contributed by atoms with E-state index in [1.54, 1.807) is 0 Å². The minimum Gasteiger partial charge on any atom is -0.485 e. The summed E-state index contributed by atoms with van der Waals surface area (Å²) in [6.07, 6.45) is -4.39. The van der Waals surface area contributed by atoms with Crippen molar-refractivity contribution >= 4 is 21.8 Å². The van der Waals surface area contributed by atoms with E-state index in [1.807, 2.05) is 60.9 Å². The Hall–Kier alpha value is -3.02. The molecule has 0 spiro atoms. The number of halogens is 3. The molecule has 0 saturated heterocycles. The number of ether oxygens (including phenoxy) is 1. The summed E-state index contributed by atoms with van der Waals surface area (Å²) >= 11 is 0. The summed E-state index contributed by atoms with van der Waals surface area (Å²) < 4.78 is 47.1. The third-order valence-electron chi connectivity index (χ3n) is 4.71. The predicted molar refractivity (Wildman–Crippen MR) is 103 cm³/mol. The fraction of sp³-hybridized carbons (Fsp3) is 0.227. The number of aromatic nitrogens is 2. The number of fused-ring (bicyclic) bond motifs is 2. The largest absolute Gasteiger partial charge is 0.485 e. The Balaban J connectivity index is 1.72. The summed E-state index contributed by atoms with van der Waals surface area (Å²) in [4.78, 5) is 4.44. The summed E-state index contributed by atoms with van der Waals surface area (Å²) in [7, 11) is 0. The van der Waals surface area contributed by atoms with Crippen molar-refractivity contribution in [3.8, 4) is 5.75 Å². The first kappa shape index (κ1) is 18.3. The second-order valence-electron chi connectivity index (χ2n) is 6.96. The normalized spacial score (nSPS) is 12.2. The van der Waals surface area contributed by atoms with Gasteiger partial charge in [-0.1, -0.05) is 36.4 Å². The SMILES string of the molecule is CC(C)n1c(COc2cccc3ccccc23)nc2cc(C(F)(F)F)ccc21. The number of rotatable bonds is 4. The molecule has 1 heterocycles. The van der Waals surface area contributed by atoms with E-state index in [1.165, 1.54) is 6.07 Å². The molecule has 0 atom stereocenters. The molecule has 3 aromatic carbocycles. The molecule has 3 nitrogen and oxygen atoms in total. The zero-order valence-electron chi connectivity index (χ0n) is 15.5. The second kappa shape index (κ2) is 6.86. The van der Waals surface area contributed by atoms with Crippen LogP contribution in [-0.4, -0.2) is 9.55 Å². The fourth-order valence-electron chi connectivity index (χ4n) is 3.47. The first-order chi connectivity index (χ1) is 13.3. The van der Waals surface area contributed by atoms with Gasteiger partial charge in [-0.25, -0.2) is 4.98 Å². The highest BCUT2D eigenvalue weighted by Gasteiger charge is 2.31. The van der Waals surface area contributed by atoms with Crippen molar-refractivity contribution in [2.45, 2.75) is 32.7 Å². The number of imidazole rings is 1. The predicted octanol–water partition coefficient (Wildman–Crippen LogP) is 6.37. The van der Waals surface area contributed by atoms with Crippen molar-refractivity contribution in [3.05, 3.63) is 72.1 Å². The minimum atomic E-state index is -4.39. The van der Waals surface area contributed by atoms with Crippen LogP contribution in [0.15, 0.2) is 60.7 Å². The van der Waals surface area contributed by atoms with Gasteiger partial charge in [0.05, 0.1) is 16.6 Å². The highest BCUT2D eigenvalue weighted by atomic mass is 19.4. The first-order valence-electron chi connectivity index (χ1n) is 9.03. The van der Waals surface area contributed by atoms with Crippen molar-refractivity contribution in [3.63, 3.8) is 0 Å². The molecule has 0 N–H and O–H groups in total. The van der Waals surface area contributed by atoms with Gasteiger partial charge >= 0.3 is 6.18 Å². The van der Waals surface area contributed by atoms with Crippen LogP contribution in [0.5, 0.6) is 5.75 Å². The molecule has 4 aromatic rings. The zero-order valence-corrected chi connectivity index (χ0v) is 15.5. The van der Waals surface area contributed by atoms with E-state index in [0.717, 1.165) is 28.7 Å². The maximum atomic E-state index is 13.0. The van der Waals surface area contributed by atoms with Crippen molar-refractivity contribution < 1.29 is 17.9 Å². The molecule has 0 saturated carbocycles. The third-order valence-corrected chi connectivity index (χ3v) is 4.71. The van der Waals surface area contributed by atoms with Gasteiger partial charge in [0.1, 0.15) is 18.2 Å². The molecular formula is C22H19F3N2O. The Kier molecular flexibility index (Phi) is 4.49. The summed E-state index contributed by atoms with van der Waals surface area (Å²) in [6.45, 7) is 4.11. The minimum absolute atomic E-state index is 0.0351. The smallest absolute Gasteiger partial charge is 0.416 e. The van der Waals surface area contributed by atoms with E-state index in [-0.39, 0.29) is 12.6 Å². The molecule has 0 fully saturated rings. The molecule has 28 heavy (non-hydrogen) atoms. The number of benzene rings is 3. The molecule has 0 bridgehead atoms. The highest BCUT2D eigenvalue weighted by molar-refractivity contribution is 5.88. The Morgan fingerprint density at radius 2 is 1.75 bits per heavy atom. The molecule has 1 aromatic heterocycles. The monoisotopic (exact) mass is 384 g/mol. The number of hydrogen-bond acceptors (Lipinski definition) is 2. The average Bonchev–Trinajstić information content (AvgIpc) is 3.03. The molecule has 0 unspecified atom stereocenters. The van der Waals surface area contributed by atoms with Gasteiger partial charge in [-0.2, -0.15) is 13.2 Å². The fourth-order valence-corrected chi connectivity index (χ4v) is 3.47. The lowest BCUT2D eigenvalue weighted by Gasteiger charge is -2.14. The van der Waals surface area contributed by atoms with E-state index < -0.39 is 11.7 Å². The van der Waals surface area contributed by atoms with Gasteiger partial charge in [0, 0.05) is 11.4 Å². The third kappa shape index (κ3) is 3.30. The lowest BCUT2D eigenvalue weighted by Crippen LogP contribution is -2.09. The van der Waals surface area contributed by atoms with E-state index in [0.29, 0.717) is 16.9 Å². The topological polar surface area (TPSA) is 27.1 Å². The molecule has 0 amide bonds. The van der Waals surface area contributed by atoms with E-state index >= 15 is 0 Å². The Morgan fingerprint density at radius 3 is 2.50 bits per heavy atom. The van der Waals surface area contributed by atoms with E-state index in [2.05, 4.69) is 4.98 Å². The molecule has 0 aliphatic carbocycles. The van der Waals surface area contributed by atoms with Crippen molar-refractivity contribution in [2.75, 3.05) is 0 Å². The molecule has 0 aliphatic heterocycles. The van der Waals surface area contributed by atoms with Crippen LogP contribution < -0.4 is 4.74 Å². The Morgan fingerprint density at radius 1 is 1.00 bits per heavy atom. The van der Waals surface area contributed by atoms with Crippen LogP contribution in [0, 0.1) is 0 Å². The van der Waals surface area contributed by atoms with Gasteiger partial charge in [0.15, 0.2) is 0 Å². The summed E-state index contributed by atoms with van der Waals surface area (Å²) in [6, 6.07) is 17.4. The number of nitrogens with zero attached hydrogens (tertiary/aromatic N) is 2. The summed E-state index contributed by atoms with van der Waals surface area (Å²) in [5.41, 5.74) is 0.287. The van der Waals surface area contributed by atoms with Crippen LogP contribution in [-0.2, 0) is 12.8 Å². The van der Waals surface area contributed by atoms with E-state index in [9.17, 15) is 13.2 Å². The van der Waals surface area contributed by atoms with Crippen LogP contribution in [0.1, 0.15) is 31.3 Å². The van der Waals surface area contributed by atoms with Crippen LogP contribution in [0.25, 0.3) is 21.8 Å². The van der Waals surface area contributed by atoms with Gasteiger partial charge in [0.25, 0.3) is 0 Å². The van der Waals surface area contributed by atoms with Crippen LogP contribution in [0.3, 0.4) is 0 Å². The maximum Gasteiger partial charge on any atom is 0.416 e. The Labute approximate surface area is 160 Å². The maximum absolute atomic E-state index is 13.0. The van der Waals surface area contributed by atoms with Crippen molar-refractivity contribution in [2.24, 2.45) is 0 Å².